The van der Waals surface area contributed by atoms with Crippen LogP contribution in [-0.4, -0.2) is 42.8 Å². The highest BCUT2D eigenvalue weighted by molar-refractivity contribution is 7.80. The lowest BCUT2D eigenvalue weighted by molar-refractivity contribution is -0.140. The van der Waals surface area contributed by atoms with E-state index >= 15 is 0 Å². The molecule has 8 heteroatoms. The van der Waals surface area contributed by atoms with Crippen LogP contribution in [0.25, 0.3) is 0 Å². The zero-order valence-corrected chi connectivity index (χ0v) is 15.8. The average Bonchev–Trinajstić information content (AvgIpc) is 2.58. The zero-order valence-electron chi connectivity index (χ0n) is 15.0. The topological polar surface area (TPSA) is 50.8 Å². The first kappa shape index (κ1) is 20.3. The van der Waals surface area contributed by atoms with Gasteiger partial charge in [0.1, 0.15) is 18.2 Å². The molecule has 0 fully saturated rings. The molecule has 0 unspecified atom stereocenters. The number of hydrogen-bond donors (Lipinski definition) is 1. The number of carbonyl (C=O) groups excluding carboxylic acids is 1. The van der Waals surface area contributed by atoms with Crippen LogP contribution in [0.3, 0.4) is 0 Å². The number of nitrogens with one attached hydrogen (secondary N) is 1. The minimum absolute atomic E-state index is 0.0385. The second-order valence-corrected chi connectivity index (χ2v) is 6.18. The first-order chi connectivity index (χ1) is 12.4. The summed E-state index contributed by atoms with van der Waals surface area (Å²) in [5.74, 6) is -2.18. The van der Waals surface area contributed by atoms with Crippen LogP contribution in [0.2, 0.25) is 0 Å². The van der Waals surface area contributed by atoms with Gasteiger partial charge in [-0.1, -0.05) is 13.0 Å². The van der Waals surface area contributed by atoms with Crippen LogP contribution in [0.15, 0.2) is 29.5 Å². The number of ether oxygens (including phenoxy) is 2. The molecule has 1 aromatic rings. The molecule has 0 saturated heterocycles. The van der Waals surface area contributed by atoms with Crippen LogP contribution in [0.4, 0.5) is 8.78 Å². The molecule has 0 radical (unpaired) electrons. The summed E-state index contributed by atoms with van der Waals surface area (Å²) >= 11 is 5.34. The normalized spacial score (nSPS) is 17.3. The number of esters is 1. The lowest BCUT2D eigenvalue weighted by Gasteiger charge is -2.37. The van der Waals surface area contributed by atoms with Gasteiger partial charge in [0.25, 0.3) is 0 Å². The molecule has 1 aliphatic heterocycles. The van der Waals surface area contributed by atoms with Gasteiger partial charge in [0.05, 0.1) is 23.8 Å². The van der Waals surface area contributed by atoms with Gasteiger partial charge in [-0.3, -0.25) is 0 Å². The van der Waals surface area contributed by atoms with E-state index in [1.54, 1.807) is 11.8 Å². The number of hydrogen-bond acceptors (Lipinski definition) is 4. The summed E-state index contributed by atoms with van der Waals surface area (Å²) in [7, 11) is 1.49. The van der Waals surface area contributed by atoms with Gasteiger partial charge in [-0.05, 0) is 37.7 Å². The molecule has 2 rings (SSSR count). The van der Waals surface area contributed by atoms with Crippen molar-refractivity contribution in [2.24, 2.45) is 0 Å². The fourth-order valence-corrected chi connectivity index (χ4v) is 3.18. The van der Waals surface area contributed by atoms with Crippen LogP contribution >= 0.6 is 12.2 Å². The second-order valence-electron chi connectivity index (χ2n) is 5.80. The molecule has 0 amide bonds. The molecule has 1 heterocycles. The second kappa shape index (κ2) is 9.05. The number of allylic oxidation sites excluding steroid dienone is 1. The third kappa shape index (κ3) is 4.19. The number of benzene rings is 1. The van der Waals surface area contributed by atoms with Crippen LogP contribution in [0.1, 0.15) is 31.9 Å². The van der Waals surface area contributed by atoms with Gasteiger partial charge in [0, 0.05) is 19.4 Å². The van der Waals surface area contributed by atoms with E-state index in [-0.39, 0.29) is 24.4 Å². The highest BCUT2D eigenvalue weighted by Crippen LogP contribution is 2.34. The Hall–Kier alpha value is -2.06. The number of nitrogens with zero attached hydrogens (tertiary/aromatic N) is 1. The average molecular weight is 384 g/mol. The minimum Gasteiger partial charge on any atom is -0.460 e. The summed E-state index contributed by atoms with van der Waals surface area (Å²) in [6.45, 7) is 4.49. The highest BCUT2D eigenvalue weighted by atomic mass is 32.1. The molecule has 1 aromatic carbocycles. The van der Waals surface area contributed by atoms with Crippen molar-refractivity contribution in [2.75, 3.05) is 26.9 Å². The Morgan fingerprint density at radius 3 is 2.54 bits per heavy atom. The molecule has 1 atom stereocenters. The lowest BCUT2D eigenvalue weighted by Crippen LogP contribution is -2.48. The smallest absolute Gasteiger partial charge is 0.338 e. The van der Waals surface area contributed by atoms with E-state index in [2.05, 4.69) is 5.32 Å². The summed E-state index contributed by atoms with van der Waals surface area (Å²) in [6, 6.07) is 2.49. The molecule has 26 heavy (non-hydrogen) atoms. The molecular formula is C18H22F2N2O3S. The molecule has 0 saturated carbocycles. The number of thiocarbonyl (C=S) groups is 1. The molecular weight excluding hydrogens is 362 g/mol. The van der Waals surface area contributed by atoms with Gasteiger partial charge < -0.3 is 19.7 Å². The van der Waals surface area contributed by atoms with Crippen molar-refractivity contribution in [1.82, 2.24) is 10.2 Å². The number of carbonyl (C=O) groups is 1. The summed E-state index contributed by atoms with van der Waals surface area (Å²) in [5.41, 5.74) is 0.391. The van der Waals surface area contributed by atoms with Crippen molar-refractivity contribution in [3.63, 3.8) is 0 Å². The van der Waals surface area contributed by atoms with Crippen molar-refractivity contribution in [2.45, 2.75) is 26.3 Å². The van der Waals surface area contributed by atoms with E-state index in [9.17, 15) is 13.6 Å². The molecule has 1 aliphatic rings. The highest BCUT2D eigenvalue weighted by Gasteiger charge is 2.37. The minimum atomic E-state index is -1.06. The van der Waals surface area contributed by atoms with Gasteiger partial charge in [-0.2, -0.15) is 0 Å². The molecule has 142 valence electrons. The lowest BCUT2D eigenvalue weighted by atomic mass is 9.94. The van der Waals surface area contributed by atoms with Gasteiger partial charge in [0.2, 0.25) is 0 Å². The Bertz CT molecular complexity index is 704. The summed E-state index contributed by atoms with van der Waals surface area (Å²) < 4.78 is 38.8. The number of rotatable bonds is 7. The standard InChI is InChI=1S/C18H22F2N2O3S/c1-4-8-22-11(2)14(17(23)25-10-9-24-3)16(21-18(22)26)15-12(19)6-5-7-13(15)20/h5-7,16H,4,8-10H2,1-3H3,(H,21,26)/t16-/m0/s1. The Morgan fingerprint density at radius 1 is 1.31 bits per heavy atom. The predicted molar refractivity (Wildman–Crippen MR) is 97.4 cm³/mol. The van der Waals surface area contributed by atoms with Crippen LogP contribution < -0.4 is 5.32 Å². The Morgan fingerprint density at radius 2 is 1.96 bits per heavy atom. The number of methoxy groups -OCH3 is 1. The monoisotopic (exact) mass is 384 g/mol. The van der Waals surface area contributed by atoms with E-state index in [1.807, 2.05) is 6.92 Å². The van der Waals surface area contributed by atoms with Crippen LogP contribution in [0.5, 0.6) is 0 Å². The van der Waals surface area contributed by atoms with Crippen molar-refractivity contribution < 1.29 is 23.0 Å². The van der Waals surface area contributed by atoms with Crippen LogP contribution in [-0.2, 0) is 14.3 Å². The van der Waals surface area contributed by atoms with Crippen molar-refractivity contribution in [1.29, 1.82) is 0 Å². The van der Waals surface area contributed by atoms with Gasteiger partial charge in [0.15, 0.2) is 5.11 Å². The molecule has 1 N–H and O–H groups in total. The van der Waals surface area contributed by atoms with Crippen molar-refractivity contribution in [3.05, 3.63) is 46.7 Å². The summed E-state index contributed by atoms with van der Waals surface area (Å²) in [5, 5.41) is 3.20. The third-order valence-corrected chi connectivity index (χ3v) is 4.41. The fraction of sp³-hybridized carbons (Fsp3) is 0.444. The van der Waals surface area contributed by atoms with E-state index in [0.29, 0.717) is 17.4 Å². The predicted octanol–water partition coefficient (Wildman–Crippen LogP) is 3.07. The van der Waals surface area contributed by atoms with Gasteiger partial charge in [-0.25, -0.2) is 13.6 Å². The van der Waals surface area contributed by atoms with E-state index in [4.69, 9.17) is 21.7 Å². The van der Waals surface area contributed by atoms with Gasteiger partial charge in [-0.15, -0.1) is 0 Å². The Balaban J connectivity index is 2.51. The van der Waals surface area contributed by atoms with Gasteiger partial charge >= 0.3 is 5.97 Å². The first-order valence-corrected chi connectivity index (χ1v) is 8.71. The summed E-state index contributed by atoms with van der Waals surface area (Å²) in [6.07, 6.45) is 0.782. The van der Waals surface area contributed by atoms with E-state index in [1.165, 1.54) is 13.2 Å². The van der Waals surface area contributed by atoms with Crippen molar-refractivity contribution in [3.8, 4) is 0 Å². The largest absolute Gasteiger partial charge is 0.460 e. The summed E-state index contributed by atoms with van der Waals surface area (Å²) in [4.78, 5) is 14.4. The zero-order chi connectivity index (χ0) is 19.3. The Labute approximate surface area is 157 Å². The van der Waals surface area contributed by atoms with Crippen LogP contribution in [0, 0.1) is 11.6 Å². The van der Waals surface area contributed by atoms with E-state index < -0.39 is 23.6 Å². The number of halogens is 2. The molecule has 0 bridgehead atoms. The Kier molecular flexibility index (Phi) is 7.05. The quantitative estimate of drug-likeness (QED) is 0.443. The maximum Gasteiger partial charge on any atom is 0.338 e. The third-order valence-electron chi connectivity index (χ3n) is 4.07. The maximum atomic E-state index is 14.3. The first-order valence-electron chi connectivity index (χ1n) is 8.31. The SMILES string of the molecule is CCCN1C(=S)N[C@H](c2c(F)cccc2F)C(C(=O)OCCOC)=C1C. The van der Waals surface area contributed by atoms with Crippen molar-refractivity contribution >= 4 is 23.3 Å². The maximum absolute atomic E-state index is 14.3. The van der Waals surface area contributed by atoms with E-state index in [0.717, 1.165) is 18.6 Å². The molecule has 0 aromatic heterocycles. The molecule has 5 nitrogen and oxygen atoms in total. The molecule has 0 spiro atoms. The fourth-order valence-electron chi connectivity index (χ4n) is 2.84. The molecule has 0 aliphatic carbocycles.